The highest BCUT2D eigenvalue weighted by Gasteiger charge is 2.05. The molecule has 0 aliphatic heterocycles. The molecule has 0 aliphatic carbocycles. The van der Waals surface area contributed by atoms with E-state index < -0.39 is 0 Å². The van der Waals surface area contributed by atoms with Crippen LogP contribution in [0.1, 0.15) is 45.2 Å². The van der Waals surface area contributed by atoms with Gasteiger partial charge in [-0.25, -0.2) is 4.52 Å². The van der Waals surface area contributed by atoms with Gasteiger partial charge in [0.05, 0.1) is 5.69 Å². The number of unbranched alkanes of at least 4 members (excludes halogenated alkanes) is 1. The van der Waals surface area contributed by atoms with Gasteiger partial charge in [0.2, 0.25) is 0 Å². The van der Waals surface area contributed by atoms with Crippen LogP contribution in [0.25, 0.3) is 5.52 Å². The Morgan fingerprint density at radius 3 is 2.90 bits per heavy atom. The summed E-state index contributed by atoms with van der Waals surface area (Å²) in [7, 11) is 0. The number of nitrogens with zero attached hydrogens (tertiary/aromatic N) is 3. The Morgan fingerprint density at radius 2 is 2.14 bits per heavy atom. The molecule has 1 unspecified atom stereocenters. The topological polar surface area (TPSA) is 51.3 Å². The van der Waals surface area contributed by atoms with E-state index in [-0.39, 0.29) is 5.56 Å². The molecule has 1 atom stereocenters. The minimum Gasteiger partial charge on any atom is -0.314 e. The number of fused-ring (bicyclic) bond motifs is 1. The van der Waals surface area contributed by atoms with Crippen LogP contribution in [-0.2, 0) is 6.54 Å². The van der Waals surface area contributed by atoms with E-state index >= 15 is 0 Å². The molecule has 0 aromatic carbocycles. The smallest absolute Gasteiger partial charge is 0.276 e. The summed E-state index contributed by atoms with van der Waals surface area (Å²) in [6.45, 7) is 8.17. The zero-order valence-corrected chi connectivity index (χ0v) is 13.3. The predicted molar refractivity (Wildman–Crippen MR) is 85.8 cm³/mol. The van der Waals surface area contributed by atoms with Gasteiger partial charge in [-0.05, 0) is 45.7 Å². The number of hydrogen-bond donors (Lipinski definition) is 1. The van der Waals surface area contributed by atoms with Crippen LogP contribution in [0.2, 0.25) is 0 Å². The fraction of sp³-hybridized carbons (Fsp3) is 0.625. The first-order valence-electron chi connectivity index (χ1n) is 7.90. The van der Waals surface area contributed by atoms with Crippen molar-refractivity contribution in [1.29, 1.82) is 0 Å². The lowest BCUT2D eigenvalue weighted by Crippen LogP contribution is -2.26. The summed E-state index contributed by atoms with van der Waals surface area (Å²) in [5.74, 6) is 0. The second-order valence-corrected chi connectivity index (χ2v) is 5.76. The highest BCUT2D eigenvalue weighted by atomic mass is 16.1. The van der Waals surface area contributed by atoms with Crippen molar-refractivity contribution in [2.24, 2.45) is 0 Å². The van der Waals surface area contributed by atoms with Gasteiger partial charge in [-0.1, -0.05) is 13.3 Å². The van der Waals surface area contributed by atoms with Crippen molar-refractivity contribution in [2.45, 2.75) is 59.0 Å². The lowest BCUT2D eigenvalue weighted by Gasteiger charge is -2.13. The van der Waals surface area contributed by atoms with Crippen LogP contribution in [0, 0.1) is 6.92 Å². The van der Waals surface area contributed by atoms with E-state index in [1.807, 2.05) is 25.4 Å². The zero-order valence-electron chi connectivity index (χ0n) is 13.3. The molecule has 0 saturated heterocycles. The second-order valence-electron chi connectivity index (χ2n) is 5.76. The first-order chi connectivity index (χ1) is 10.1. The SMILES string of the molecule is CCCNC(C)CCCCn1ccn2nc(C)cc2c1=O. The van der Waals surface area contributed by atoms with Gasteiger partial charge in [0, 0.05) is 25.0 Å². The van der Waals surface area contributed by atoms with Crippen LogP contribution >= 0.6 is 0 Å². The summed E-state index contributed by atoms with van der Waals surface area (Å²) in [4.78, 5) is 12.3. The fourth-order valence-corrected chi connectivity index (χ4v) is 2.55. The maximum absolute atomic E-state index is 12.3. The normalized spacial score (nSPS) is 12.9. The number of aryl methyl sites for hydroxylation is 2. The molecule has 2 aromatic heterocycles. The molecule has 0 fully saturated rings. The summed E-state index contributed by atoms with van der Waals surface area (Å²) < 4.78 is 3.45. The minimum absolute atomic E-state index is 0.0512. The summed E-state index contributed by atoms with van der Waals surface area (Å²) in [6.07, 6.45) is 8.18. The zero-order chi connectivity index (χ0) is 15.2. The predicted octanol–water partition coefficient (Wildman–Crippen LogP) is 2.36. The molecule has 0 bridgehead atoms. The minimum atomic E-state index is 0.0512. The van der Waals surface area contributed by atoms with E-state index in [0.717, 1.165) is 38.0 Å². The Morgan fingerprint density at radius 1 is 1.33 bits per heavy atom. The second kappa shape index (κ2) is 7.41. The van der Waals surface area contributed by atoms with Gasteiger partial charge >= 0.3 is 0 Å². The summed E-state index contributed by atoms with van der Waals surface area (Å²) in [5.41, 5.74) is 1.59. The van der Waals surface area contributed by atoms with Crippen molar-refractivity contribution in [3.05, 3.63) is 34.5 Å². The van der Waals surface area contributed by atoms with E-state index in [9.17, 15) is 4.79 Å². The van der Waals surface area contributed by atoms with E-state index in [4.69, 9.17) is 0 Å². The largest absolute Gasteiger partial charge is 0.314 e. The van der Waals surface area contributed by atoms with Crippen molar-refractivity contribution >= 4 is 5.52 Å². The number of aromatic nitrogens is 3. The quantitative estimate of drug-likeness (QED) is 0.759. The van der Waals surface area contributed by atoms with Crippen LogP contribution in [0.4, 0.5) is 0 Å². The summed E-state index contributed by atoms with van der Waals surface area (Å²) in [5, 5.41) is 7.75. The Labute approximate surface area is 126 Å². The molecule has 21 heavy (non-hydrogen) atoms. The van der Waals surface area contributed by atoms with Gasteiger partial charge in [-0.2, -0.15) is 5.10 Å². The molecular weight excluding hydrogens is 264 g/mol. The third kappa shape index (κ3) is 4.17. The van der Waals surface area contributed by atoms with Gasteiger partial charge < -0.3 is 9.88 Å². The molecule has 2 rings (SSSR count). The van der Waals surface area contributed by atoms with Gasteiger partial charge in [0.1, 0.15) is 5.52 Å². The lowest BCUT2D eigenvalue weighted by molar-refractivity contribution is 0.473. The van der Waals surface area contributed by atoms with E-state index in [0.29, 0.717) is 11.6 Å². The number of hydrogen-bond acceptors (Lipinski definition) is 3. The highest BCUT2D eigenvalue weighted by Crippen LogP contribution is 2.04. The maximum atomic E-state index is 12.3. The molecule has 5 heteroatoms. The number of rotatable bonds is 8. The van der Waals surface area contributed by atoms with Crippen LogP contribution < -0.4 is 10.9 Å². The van der Waals surface area contributed by atoms with E-state index in [1.54, 1.807) is 9.08 Å². The van der Waals surface area contributed by atoms with Crippen LogP contribution in [0.3, 0.4) is 0 Å². The highest BCUT2D eigenvalue weighted by molar-refractivity contribution is 5.44. The monoisotopic (exact) mass is 290 g/mol. The first-order valence-corrected chi connectivity index (χ1v) is 7.90. The third-order valence-corrected chi connectivity index (χ3v) is 3.75. The molecule has 0 saturated carbocycles. The van der Waals surface area contributed by atoms with Crippen LogP contribution in [0.5, 0.6) is 0 Å². The number of nitrogens with one attached hydrogen (secondary N) is 1. The Bertz CT molecular complexity index is 629. The molecule has 2 aromatic rings. The van der Waals surface area contributed by atoms with Crippen LogP contribution in [-0.4, -0.2) is 26.8 Å². The standard InChI is InChI=1S/C16H26N4O/c1-4-8-17-13(2)7-5-6-9-19-10-11-20-15(16(19)21)12-14(3)18-20/h10-13,17H,4-9H2,1-3H3. The molecular formula is C16H26N4O. The molecule has 0 spiro atoms. The molecule has 2 heterocycles. The maximum Gasteiger partial charge on any atom is 0.276 e. The first kappa shape index (κ1) is 15.8. The van der Waals surface area contributed by atoms with E-state index in [1.165, 1.54) is 6.42 Å². The van der Waals surface area contributed by atoms with Gasteiger partial charge in [0.25, 0.3) is 5.56 Å². The molecule has 0 amide bonds. The Kier molecular flexibility index (Phi) is 5.56. The molecule has 1 N–H and O–H groups in total. The third-order valence-electron chi connectivity index (χ3n) is 3.75. The summed E-state index contributed by atoms with van der Waals surface area (Å²) in [6, 6.07) is 2.40. The van der Waals surface area contributed by atoms with Crippen molar-refractivity contribution in [3.8, 4) is 0 Å². The average Bonchev–Trinajstić information content (AvgIpc) is 2.85. The van der Waals surface area contributed by atoms with Gasteiger partial charge in [-0.3, -0.25) is 4.79 Å². The van der Waals surface area contributed by atoms with Crippen molar-refractivity contribution < 1.29 is 0 Å². The van der Waals surface area contributed by atoms with Crippen molar-refractivity contribution in [2.75, 3.05) is 6.54 Å². The Balaban J connectivity index is 1.86. The van der Waals surface area contributed by atoms with Crippen molar-refractivity contribution in [1.82, 2.24) is 19.5 Å². The molecule has 116 valence electrons. The van der Waals surface area contributed by atoms with E-state index in [2.05, 4.69) is 24.3 Å². The lowest BCUT2D eigenvalue weighted by atomic mass is 10.1. The Hall–Kier alpha value is -1.62. The van der Waals surface area contributed by atoms with Gasteiger partial charge in [0.15, 0.2) is 0 Å². The van der Waals surface area contributed by atoms with Crippen LogP contribution in [0.15, 0.2) is 23.3 Å². The molecule has 5 nitrogen and oxygen atoms in total. The summed E-state index contributed by atoms with van der Waals surface area (Å²) >= 11 is 0. The fourth-order valence-electron chi connectivity index (χ4n) is 2.55. The average molecular weight is 290 g/mol. The molecule has 0 radical (unpaired) electrons. The van der Waals surface area contributed by atoms with Crippen molar-refractivity contribution in [3.63, 3.8) is 0 Å². The molecule has 0 aliphatic rings. The van der Waals surface area contributed by atoms with Gasteiger partial charge in [-0.15, -0.1) is 0 Å².